The molecule has 0 aliphatic carbocycles. The number of hydrogen-bond acceptors (Lipinski definition) is 6. The van der Waals surface area contributed by atoms with E-state index >= 15 is 0 Å². The van der Waals surface area contributed by atoms with Crippen molar-refractivity contribution in [1.29, 1.82) is 0 Å². The van der Waals surface area contributed by atoms with Crippen LogP contribution < -0.4 is 15.5 Å². The van der Waals surface area contributed by atoms with Gasteiger partial charge in [0.1, 0.15) is 0 Å². The summed E-state index contributed by atoms with van der Waals surface area (Å²) >= 11 is 0. The van der Waals surface area contributed by atoms with E-state index < -0.39 is 0 Å². The van der Waals surface area contributed by atoms with Crippen molar-refractivity contribution in [2.75, 3.05) is 49.5 Å². The summed E-state index contributed by atoms with van der Waals surface area (Å²) in [5.74, 6) is 0.867. The molecule has 1 aromatic heterocycles. The van der Waals surface area contributed by atoms with Crippen LogP contribution in [0.3, 0.4) is 0 Å². The Morgan fingerprint density at radius 1 is 1.00 bits per heavy atom. The zero-order valence-corrected chi connectivity index (χ0v) is 18.6. The number of nitrogens with one attached hydrogen (secondary N) is 2. The summed E-state index contributed by atoms with van der Waals surface area (Å²) in [6, 6.07) is 8.89. The second-order valence-electron chi connectivity index (χ2n) is 8.17. The molecule has 10 nitrogen and oxygen atoms in total. The molecule has 0 bridgehead atoms. The number of piperazine rings is 1. The lowest BCUT2D eigenvalue weighted by molar-refractivity contribution is -0.131. The topological polar surface area (TPSA) is 111 Å². The third-order valence-corrected chi connectivity index (χ3v) is 5.82. The molecule has 3 heterocycles. The van der Waals surface area contributed by atoms with E-state index in [1.807, 2.05) is 28.0 Å². The van der Waals surface area contributed by atoms with E-state index in [1.165, 1.54) is 0 Å². The van der Waals surface area contributed by atoms with Gasteiger partial charge in [-0.05, 0) is 30.2 Å². The summed E-state index contributed by atoms with van der Waals surface area (Å²) in [5, 5.41) is 5.54. The van der Waals surface area contributed by atoms with Crippen molar-refractivity contribution < 1.29 is 14.4 Å². The first-order valence-corrected chi connectivity index (χ1v) is 11.3. The van der Waals surface area contributed by atoms with E-state index in [0.717, 1.165) is 18.5 Å². The van der Waals surface area contributed by atoms with E-state index in [9.17, 15) is 14.4 Å². The SMILES string of the molecule is O=C(NCCC(=O)N1CCN(c2ncccn2)CC1)Nc1cccc(CN2CCCC2=O)c1. The number of likely N-dealkylation sites (tertiary alicyclic amines) is 1. The lowest BCUT2D eigenvalue weighted by Gasteiger charge is -2.34. The van der Waals surface area contributed by atoms with Crippen LogP contribution in [0.15, 0.2) is 42.7 Å². The Morgan fingerprint density at radius 2 is 1.79 bits per heavy atom. The van der Waals surface area contributed by atoms with Gasteiger partial charge in [-0.1, -0.05) is 12.1 Å². The lowest BCUT2D eigenvalue weighted by atomic mass is 10.2. The summed E-state index contributed by atoms with van der Waals surface area (Å²) in [7, 11) is 0. The number of urea groups is 1. The van der Waals surface area contributed by atoms with Gasteiger partial charge in [0.05, 0.1) is 0 Å². The quantitative estimate of drug-likeness (QED) is 0.659. The summed E-state index contributed by atoms with van der Waals surface area (Å²) < 4.78 is 0. The molecule has 0 atom stereocenters. The molecule has 1 aromatic carbocycles. The highest BCUT2D eigenvalue weighted by molar-refractivity contribution is 5.89. The standard InChI is InChI=1S/C23H29N7O3/c31-20-6-2-11-30(20)17-18-4-1-5-19(16-18)27-23(33)26-10-7-21(32)28-12-14-29(15-13-28)22-24-8-3-9-25-22/h1,3-5,8-9,16H,2,6-7,10-15,17H2,(H2,26,27,33). The predicted molar refractivity (Wildman–Crippen MR) is 124 cm³/mol. The first kappa shape index (κ1) is 22.5. The second-order valence-corrected chi connectivity index (χ2v) is 8.17. The Balaban J connectivity index is 1.16. The number of carbonyl (C=O) groups excluding carboxylic acids is 3. The molecule has 2 fully saturated rings. The molecule has 4 amide bonds. The highest BCUT2D eigenvalue weighted by atomic mass is 16.2. The van der Waals surface area contributed by atoms with Crippen LogP contribution in [0.5, 0.6) is 0 Å². The number of nitrogens with zero attached hydrogens (tertiary/aromatic N) is 5. The maximum Gasteiger partial charge on any atom is 0.319 e. The molecule has 0 spiro atoms. The van der Waals surface area contributed by atoms with Crippen molar-refractivity contribution in [3.05, 3.63) is 48.3 Å². The van der Waals surface area contributed by atoms with Crippen LogP contribution in [-0.2, 0) is 16.1 Å². The number of amides is 4. The van der Waals surface area contributed by atoms with Crippen molar-refractivity contribution in [3.8, 4) is 0 Å². The number of anilines is 2. The first-order chi connectivity index (χ1) is 16.1. The minimum atomic E-state index is -0.358. The van der Waals surface area contributed by atoms with Crippen LogP contribution in [0, 0.1) is 0 Å². The van der Waals surface area contributed by atoms with Gasteiger partial charge in [0.25, 0.3) is 0 Å². The molecule has 0 unspecified atom stereocenters. The van der Waals surface area contributed by atoms with Crippen LogP contribution in [0.4, 0.5) is 16.4 Å². The monoisotopic (exact) mass is 451 g/mol. The lowest BCUT2D eigenvalue weighted by Crippen LogP contribution is -2.49. The smallest absolute Gasteiger partial charge is 0.319 e. The highest BCUT2D eigenvalue weighted by Crippen LogP contribution is 2.17. The van der Waals surface area contributed by atoms with E-state index in [0.29, 0.717) is 50.8 Å². The maximum atomic E-state index is 12.5. The van der Waals surface area contributed by atoms with Crippen LogP contribution in [0.2, 0.25) is 0 Å². The minimum Gasteiger partial charge on any atom is -0.339 e. The Hall–Kier alpha value is -3.69. The highest BCUT2D eigenvalue weighted by Gasteiger charge is 2.22. The fourth-order valence-electron chi connectivity index (χ4n) is 4.07. The summed E-state index contributed by atoms with van der Waals surface area (Å²) in [6.07, 6.45) is 5.17. The van der Waals surface area contributed by atoms with Gasteiger partial charge >= 0.3 is 6.03 Å². The van der Waals surface area contributed by atoms with Crippen LogP contribution in [0.25, 0.3) is 0 Å². The molecule has 2 aliphatic rings. The van der Waals surface area contributed by atoms with E-state index in [2.05, 4.69) is 25.5 Å². The third kappa shape index (κ3) is 6.18. The molecule has 4 rings (SSSR count). The number of hydrogen-bond donors (Lipinski definition) is 2. The average molecular weight is 452 g/mol. The molecule has 0 radical (unpaired) electrons. The van der Waals surface area contributed by atoms with Gasteiger partial charge in [0.2, 0.25) is 17.8 Å². The molecule has 10 heteroatoms. The van der Waals surface area contributed by atoms with Crippen molar-refractivity contribution in [2.24, 2.45) is 0 Å². The number of benzene rings is 1. The second kappa shape index (κ2) is 10.8. The summed E-state index contributed by atoms with van der Waals surface area (Å²) in [5.41, 5.74) is 1.63. The zero-order chi connectivity index (χ0) is 23.0. The summed E-state index contributed by atoms with van der Waals surface area (Å²) in [4.78, 5) is 50.7. The molecule has 2 aliphatic heterocycles. The summed E-state index contributed by atoms with van der Waals surface area (Å²) in [6.45, 7) is 4.17. The molecule has 0 saturated carbocycles. The molecule has 33 heavy (non-hydrogen) atoms. The van der Waals surface area contributed by atoms with Crippen molar-refractivity contribution in [3.63, 3.8) is 0 Å². The van der Waals surface area contributed by atoms with E-state index in [4.69, 9.17) is 0 Å². The fraction of sp³-hybridized carbons (Fsp3) is 0.435. The molecule has 2 saturated heterocycles. The van der Waals surface area contributed by atoms with Gasteiger partial charge in [0, 0.05) is 76.7 Å². The third-order valence-electron chi connectivity index (χ3n) is 5.82. The number of carbonyl (C=O) groups is 3. The largest absolute Gasteiger partial charge is 0.339 e. The van der Waals surface area contributed by atoms with Crippen molar-refractivity contribution in [2.45, 2.75) is 25.8 Å². The van der Waals surface area contributed by atoms with Crippen molar-refractivity contribution >= 4 is 29.5 Å². The average Bonchev–Trinajstić information content (AvgIpc) is 3.24. The Kier molecular flexibility index (Phi) is 7.33. The van der Waals surface area contributed by atoms with Gasteiger partial charge in [-0.25, -0.2) is 14.8 Å². The van der Waals surface area contributed by atoms with Crippen LogP contribution in [0.1, 0.15) is 24.8 Å². The van der Waals surface area contributed by atoms with Crippen molar-refractivity contribution in [1.82, 2.24) is 25.1 Å². The van der Waals surface area contributed by atoms with E-state index in [1.54, 1.807) is 24.5 Å². The predicted octanol–water partition coefficient (Wildman–Crippen LogP) is 1.46. The molecule has 2 aromatic rings. The fourth-order valence-corrected chi connectivity index (χ4v) is 4.07. The van der Waals surface area contributed by atoms with E-state index in [-0.39, 0.29) is 30.8 Å². The van der Waals surface area contributed by atoms with Gasteiger partial charge < -0.3 is 25.3 Å². The molecule has 2 N–H and O–H groups in total. The Morgan fingerprint density at radius 3 is 2.52 bits per heavy atom. The van der Waals surface area contributed by atoms with Gasteiger partial charge in [-0.2, -0.15) is 0 Å². The van der Waals surface area contributed by atoms with Crippen LogP contribution >= 0.6 is 0 Å². The molecular weight excluding hydrogens is 422 g/mol. The molecular formula is C23H29N7O3. The molecule has 174 valence electrons. The first-order valence-electron chi connectivity index (χ1n) is 11.3. The van der Waals surface area contributed by atoms with Crippen LogP contribution in [-0.4, -0.2) is 76.9 Å². The van der Waals surface area contributed by atoms with Gasteiger partial charge in [0.15, 0.2) is 0 Å². The normalized spacial score (nSPS) is 16.1. The Labute approximate surface area is 193 Å². The van der Waals surface area contributed by atoms with Gasteiger partial charge in [-0.15, -0.1) is 0 Å². The Bertz CT molecular complexity index is 977. The zero-order valence-electron chi connectivity index (χ0n) is 18.6. The minimum absolute atomic E-state index is 0.0150. The maximum absolute atomic E-state index is 12.5. The van der Waals surface area contributed by atoms with Gasteiger partial charge in [-0.3, -0.25) is 9.59 Å². The number of rotatable bonds is 7. The number of aromatic nitrogens is 2.